The SMILES string of the molecule is CNc1ncccc1C(=O)N1CCCC(C)(OC)C1. The van der Waals surface area contributed by atoms with E-state index in [0.717, 1.165) is 19.4 Å². The highest BCUT2D eigenvalue weighted by Crippen LogP contribution is 2.26. The number of methoxy groups -OCH3 is 1. The first kappa shape index (κ1) is 13.8. The Hall–Kier alpha value is -1.62. The number of aromatic nitrogens is 1. The zero-order chi connectivity index (χ0) is 13.9. The number of carbonyl (C=O) groups is 1. The fraction of sp³-hybridized carbons (Fsp3) is 0.571. The molecule has 1 aliphatic rings. The fourth-order valence-electron chi connectivity index (χ4n) is 2.49. The Bertz CT molecular complexity index is 464. The van der Waals surface area contributed by atoms with Crippen molar-refractivity contribution in [3.63, 3.8) is 0 Å². The van der Waals surface area contributed by atoms with E-state index in [-0.39, 0.29) is 11.5 Å². The average molecular weight is 263 g/mol. The minimum absolute atomic E-state index is 0.0143. The van der Waals surface area contributed by atoms with Gasteiger partial charge in [0.15, 0.2) is 0 Å². The third kappa shape index (κ3) is 2.87. The fourth-order valence-corrected chi connectivity index (χ4v) is 2.49. The number of anilines is 1. The Morgan fingerprint density at radius 1 is 1.58 bits per heavy atom. The first-order chi connectivity index (χ1) is 9.09. The molecule has 1 saturated heterocycles. The summed E-state index contributed by atoms with van der Waals surface area (Å²) in [5.41, 5.74) is 0.376. The highest BCUT2D eigenvalue weighted by Gasteiger charge is 2.33. The number of hydrogen-bond acceptors (Lipinski definition) is 4. The number of nitrogens with one attached hydrogen (secondary N) is 1. The molecule has 1 atom stereocenters. The van der Waals surface area contributed by atoms with E-state index < -0.39 is 0 Å². The number of piperidine rings is 1. The van der Waals surface area contributed by atoms with Crippen LogP contribution >= 0.6 is 0 Å². The summed E-state index contributed by atoms with van der Waals surface area (Å²) in [6.45, 7) is 3.45. The van der Waals surface area contributed by atoms with Gasteiger partial charge in [-0.05, 0) is 31.9 Å². The zero-order valence-corrected chi connectivity index (χ0v) is 11.8. The Morgan fingerprint density at radius 2 is 2.37 bits per heavy atom. The molecule has 2 heterocycles. The van der Waals surface area contributed by atoms with Crippen LogP contribution in [0.5, 0.6) is 0 Å². The number of hydrogen-bond donors (Lipinski definition) is 1. The van der Waals surface area contributed by atoms with Gasteiger partial charge in [0.2, 0.25) is 0 Å². The molecular formula is C14H21N3O2. The van der Waals surface area contributed by atoms with E-state index in [1.807, 2.05) is 4.90 Å². The molecule has 19 heavy (non-hydrogen) atoms. The van der Waals surface area contributed by atoms with E-state index in [1.165, 1.54) is 0 Å². The highest BCUT2D eigenvalue weighted by molar-refractivity contribution is 5.98. The molecule has 5 heteroatoms. The minimum atomic E-state index is -0.240. The van der Waals surface area contributed by atoms with Gasteiger partial charge >= 0.3 is 0 Å². The van der Waals surface area contributed by atoms with Gasteiger partial charge in [0.05, 0.1) is 11.2 Å². The van der Waals surface area contributed by atoms with Crippen molar-refractivity contribution in [3.8, 4) is 0 Å². The minimum Gasteiger partial charge on any atom is -0.377 e. The van der Waals surface area contributed by atoms with Crippen molar-refractivity contribution in [2.45, 2.75) is 25.4 Å². The molecule has 0 saturated carbocycles. The number of rotatable bonds is 3. The maximum Gasteiger partial charge on any atom is 0.257 e. The van der Waals surface area contributed by atoms with E-state index in [2.05, 4.69) is 17.2 Å². The topological polar surface area (TPSA) is 54.5 Å². The molecule has 1 fully saturated rings. The van der Waals surface area contributed by atoms with Crippen molar-refractivity contribution in [1.82, 2.24) is 9.88 Å². The lowest BCUT2D eigenvalue weighted by Crippen LogP contribution is -2.49. The van der Waals surface area contributed by atoms with Gasteiger partial charge in [-0.3, -0.25) is 4.79 Å². The third-order valence-corrected chi connectivity index (χ3v) is 3.71. The quantitative estimate of drug-likeness (QED) is 0.903. The van der Waals surface area contributed by atoms with Crippen LogP contribution in [0.25, 0.3) is 0 Å². The number of ether oxygens (including phenoxy) is 1. The van der Waals surface area contributed by atoms with E-state index in [1.54, 1.807) is 32.5 Å². The Labute approximate surface area is 114 Å². The van der Waals surface area contributed by atoms with Crippen molar-refractivity contribution in [1.29, 1.82) is 0 Å². The second-order valence-electron chi connectivity index (χ2n) is 5.13. The summed E-state index contributed by atoms with van der Waals surface area (Å²) in [7, 11) is 3.48. The molecule has 0 aromatic carbocycles. The van der Waals surface area contributed by atoms with Gasteiger partial charge in [-0.1, -0.05) is 0 Å². The van der Waals surface area contributed by atoms with E-state index >= 15 is 0 Å². The number of nitrogens with zero attached hydrogens (tertiary/aromatic N) is 2. The summed E-state index contributed by atoms with van der Waals surface area (Å²) in [5.74, 6) is 0.637. The van der Waals surface area contributed by atoms with E-state index in [0.29, 0.717) is 17.9 Å². The summed E-state index contributed by atoms with van der Waals surface area (Å²) in [5, 5.41) is 2.96. The van der Waals surface area contributed by atoms with Crippen LogP contribution in [0, 0.1) is 0 Å². The van der Waals surface area contributed by atoms with Crippen LogP contribution in [0.3, 0.4) is 0 Å². The smallest absolute Gasteiger partial charge is 0.257 e. The van der Waals surface area contributed by atoms with Gasteiger partial charge in [0.25, 0.3) is 5.91 Å². The summed E-state index contributed by atoms with van der Waals surface area (Å²) >= 11 is 0. The lowest BCUT2D eigenvalue weighted by Gasteiger charge is -2.39. The second-order valence-corrected chi connectivity index (χ2v) is 5.13. The molecule has 5 nitrogen and oxygen atoms in total. The molecule has 2 rings (SSSR count). The Morgan fingerprint density at radius 3 is 3.05 bits per heavy atom. The standard InChI is InChI=1S/C14H21N3O2/c1-14(19-3)7-5-9-17(10-14)13(18)11-6-4-8-16-12(11)15-2/h4,6,8H,5,7,9-10H2,1-3H3,(H,15,16). The third-order valence-electron chi connectivity index (χ3n) is 3.71. The number of carbonyl (C=O) groups excluding carboxylic acids is 1. The Balaban J connectivity index is 2.19. The lowest BCUT2D eigenvalue weighted by atomic mass is 9.94. The van der Waals surface area contributed by atoms with Gasteiger partial charge in [0, 0.05) is 33.4 Å². The van der Waals surface area contributed by atoms with Crippen LogP contribution in [0.4, 0.5) is 5.82 Å². The van der Waals surface area contributed by atoms with Crippen molar-refractivity contribution in [2.75, 3.05) is 32.6 Å². The van der Waals surface area contributed by atoms with Gasteiger partial charge in [-0.15, -0.1) is 0 Å². The first-order valence-corrected chi connectivity index (χ1v) is 6.57. The van der Waals surface area contributed by atoms with Crippen LogP contribution in [-0.4, -0.2) is 48.6 Å². The van der Waals surface area contributed by atoms with Crippen molar-refractivity contribution in [3.05, 3.63) is 23.9 Å². The molecular weight excluding hydrogens is 242 g/mol. The molecule has 1 aromatic heterocycles. The van der Waals surface area contributed by atoms with Crippen LogP contribution in [0.2, 0.25) is 0 Å². The predicted octanol–water partition coefficient (Wildman–Crippen LogP) is 1.76. The summed E-state index contributed by atoms with van der Waals surface area (Å²) in [6, 6.07) is 3.59. The molecule has 1 aliphatic heterocycles. The van der Waals surface area contributed by atoms with Crippen LogP contribution < -0.4 is 5.32 Å². The maximum atomic E-state index is 12.6. The largest absolute Gasteiger partial charge is 0.377 e. The van der Waals surface area contributed by atoms with Crippen LogP contribution in [0.1, 0.15) is 30.1 Å². The lowest BCUT2D eigenvalue weighted by molar-refractivity contribution is -0.0440. The number of amides is 1. The Kier molecular flexibility index (Phi) is 4.04. The molecule has 1 N–H and O–H groups in total. The maximum absolute atomic E-state index is 12.6. The molecule has 1 aromatic rings. The molecule has 0 spiro atoms. The molecule has 1 amide bonds. The molecule has 0 aliphatic carbocycles. The van der Waals surface area contributed by atoms with Gasteiger partial charge in [-0.25, -0.2) is 4.98 Å². The molecule has 1 unspecified atom stereocenters. The van der Waals surface area contributed by atoms with Crippen molar-refractivity contribution >= 4 is 11.7 Å². The van der Waals surface area contributed by atoms with Crippen molar-refractivity contribution < 1.29 is 9.53 Å². The van der Waals surface area contributed by atoms with E-state index in [4.69, 9.17) is 4.74 Å². The summed E-state index contributed by atoms with van der Waals surface area (Å²) < 4.78 is 5.53. The normalized spacial score (nSPS) is 23.2. The second kappa shape index (κ2) is 5.57. The summed E-state index contributed by atoms with van der Waals surface area (Å²) in [6.07, 6.45) is 3.63. The number of pyridine rings is 1. The average Bonchev–Trinajstić information content (AvgIpc) is 2.46. The summed E-state index contributed by atoms with van der Waals surface area (Å²) in [4.78, 5) is 18.6. The van der Waals surface area contributed by atoms with Gasteiger partial charge in [-0.2, -0.15) is 0 Å². The highest BCUT2D eigenvalue weighted by atomic mass is 16.5. The van der Waals surface area contributed by atoms with Gasteiger partial charge in [0.1, 0.15) is 5.82 Å². The van der Waals surface area contributed by atoms with Crippen molar-refractivity contribution in [2.24, 2.45) is 0 Å². The van der Waals surface area contributed by atoms with E-state index in [9.17, 15) is 4.79 Å². The molecule has 0 bridgehead atoms. The van der Waals surface area contributed by atoms with Crippen LogP contribution in [-0.2, 0) is 4.74 Å². The monoisotopic (exact) mass is 263 g/mol. The zero-order valence-electron chi connectivity index (χ0n) is 11.8. The van der Waals surface area contributed by atoms with Crippen LogP contribution in [0.15, 0.2) is 18.3 Å². The molecule has 0 radical (unpaired) electrons. The predicted molar refractivity (Wildman–Crippen MR) is 74.3 cm³/mol. The number of likely N-dealkylation sites (tertiary alicyclic amines) is 1. The first-order valence-electron chi connectivity index (χ1n) is 6.57. The van der Waals surface area contributed by atoms with Gasteiger partial charge < -0.3 is 15.0 Å². The molecule has 104 valence electrons.